The van der Waals surface area contributed by atoms with E-state index in [4.69, 9.17) is 0 Å². The molecule has 2 saturated heterocycles. The van der Waals surface area contributed by atoms with Crippen molar-refractivity contribution < 1.29 is 4.79 Å². The number of amides is 1. The Morgan fingerprint density at radius 1 is 1.22 bits per heavy atom. The minimum absolute atomic E-state index is 0.179. The lowest BCUT2D eigenvalue weighted by atomic mass is 10.1. The summed E-state index contributed by atoms with van der Waals surface area (Å²) in [4.78, 5) is 14.8. The molecule has 0 saturated carbocycles. The van der Waals surface area contributed by atoms with Crippen LogP contribution in [0, 0.1) is 0 Å². The fourth-order valence-electron chi connectivity index (χ4n) is 3.09. The summed E-state index contributed by atoms with van der Waals surface area (Å²) < 4.78 is 0.895. The van der Waals surface area contributed by atoms with E-state index in [0.29, 0.717) is 12.1 Å². The predicted molar refractivity (Wildman–Crippen MR) is 74.6 cm³/mol. The second-order valence-electron chi connectivity index (χ2n) is 5.07. The van der Waals surface area contributed by atoms with Crippen molar-refractivity contribution in [2.45, 2.75) is 31.3 Å². The highest BCUT2D eigenvalue weighted by Gasteiger charge is 2.38. The molecular weight excluding hydrogens is 292 g/mol. The Balaban J connectivity index is 1.90. The Morgan fingerprint density at radius 3 is 2.83 bits per heavy atom. The van der Waals surface area contributed by atoms with E-state index in [2.05, 4.69) is 26.1 Å². The van der Waals surface area contributed by atoms with Crippen molar-refractivity contribution in [2.75, 3.05) is 13.1 Å². The highest BCUT2D eigenvalue weighted by atomic mass is 79.9. The van der Waals surface area contributed by atoms with E-state index in [9.17, 15) is 4.79 Å². The Bertz CT molecular complexity index is 449. The van der Waals surface area contributed by atoms with E-state index in [0.717, 1.165) is 42.4 Å². The lowest BCUT2D eigenvalue weighted by Crippen LogP contribution is -2.42. The molecule has 18 heavy (non-hydrogen) atoms. The molecule has 0 aromatic heterocycles. The minimum Gasteiger partial charge on any atom is -0.331 e. The number of benzene rings is 1. The highest BCUT2D eigenvalue weighted by molar-refractivity contribution is 9.10. The first-order chi connectivity index (χ1) is 8.77. The van der Waals surface area contributed by atoms with Crippen LogP contribution in [-0.4, -0.2) is 36.0 Å². The molecule has 2 unspecified atom stereocenters. The molecule has 2 atom stereocenters. The molecule has 96 valence electrons. The van der Waals surface area contributed by atoms with Gasteiger partial charge in [-0.2, -0.15) is 0 Å². The second kappa shape index (κ2) is 5.02. The topological polar surface area (TPSA) is 32.3 Å². The van der Waals surface area contributed by atoms with Crippen molar-refractivity contribution in [2.24, 2.45) is 0 Å². The molecule has 3 nitrogen and oxygen atoms in total. The number of carbonyl (C=O) groups excluding carboxylic acids is 1. The molecular formula is C14H17BrN2O. The van der Waals surface area contributed by atoms with Crippen LogP contribution < -0.4 is 5.32 Å². The number of nitrogens with one attached hydrogen (secondary N) is 1. The molecule has 0 spiro atoms. The Kier molecular flexibility index (Phi) is 3.39. The van der Waals surface area contributed by atoms with Gasteiger partial charge < -0.3 is 10.2 Å². The average molecular weight is 309 g/mol. The van der Waals surface area contributed by atoms with Crippen molar-refractivity contribution in [1.29, 1.82) is 0 Å². The summed E-state index contributed by atoms with van der Waals surface area (Å²) in [5.74, 6) is 0.179. The van der Waals surface area contributed by atoms with Crippen molar-refractivity contribution in [1.82, 2.24) is 10.2 Å². The number of carbonyl (C=O) groups is 1. The van der Waals surface area contributed by atoms with Gasteiger partial charge in [0, 0.05) is 23.1 Å². The lowest BCUT2D eigenvalue weighted by molar-refractivity contribution is 0.0679. The van der Waals surface area contributed by atoms with Gasteiger partial charge in [-0.3, -0.25) is 4.79 Å². The molecule has 4 heteroatoms. The van der Waals surface area contributed by atoms with Crippen LogP contribution in [0.15, 0.2) is 28.7 Å². The van der Waals surface area contributed by atoms with E-state index in [1.165, 1.54) is 0 Å². The monoisotopic (exact) mass is 308 g/mol. The third-order valence-electron chi connectivity index (χ3n) is 3.99. The summed E-state index contributed by atoms with van der Waals surface area (Å²) in [6, 6.07) is 8.51. The minimum atomic E-state index is 0.179. The Labute approximate surface area is 116 Å². The van der Waals surface area contributed by atoms with Crippen LogP contribution in [0.5, 0.6) is 0 Å². The van der Waals surface area contributed by atoms with Crippen LogP contribution in [0.1, 0.15) is 29.6 Å². The number of hydrogen-bond donors (Lipinski definition) is 1. The SMILES string of the molecule is O=C(c1ccccc1Br)N1C2CCNCC1CC2. The van der Waals surface area contributed by atoms with Crippen LogP contribution in [0.2, 0.25) is 0 Å². The van der Waals surface area contributed by atoms with Crippen molar-refractivity contribution in [3.8, 4) is 0 Å². The van der Waals surface area contributed by atoms with E-state index >= 15 is 0 Å². The molecule has 1 amide bonds. The van der Waals surface area contributed by atoms with Gasteiger partial charge in [0.2, 0.25) is 0 Å². The maximum absolute atomic E-state index is 12.7. The van der Waals surface area contributed by atoms with Gasteiger partial charge in [-0.1, -0.05) is 12.1 Å². The maximum atomic E-state index is 12.7. The highest BCUT2D eigenvalue weighted by Crippen LogP contribution is 2.31. The van der Waals surface area contributed by atoms with Gasteiger partial charge in [0.1, 0.15) is 0 Å². The number of fused-ring (bicyclic) bond motifs is 2. The van der Waals surface area contributed by atoms with Gasteiger partial charge in [-0.25, -0.2) is 0 Å². The van der Waals surface area contributed by atoms with E-state index in [1.807, 2.05) is 24.3 Å². The maximum Gasteiger partial charge on any atom is 0.255 e. The fourth-order valence-corrected chi connectivity index (χ4v) is 3.54. The van der Waals surface area contributed by atoms with Gasteiger partial charge in [0.15, 0.2) is 0 Å². The zero-order chi connectivity index (χ0) is 12.5. The molecule has 3 rings (SSSR count). The van der Waals surface area contributed by atoms with Gasteiger partial charge in [-0.15, -0.1) is 0 Å². The number of rotatable bonds is 1. The molecule has 2 fully saturated rings. The standard InChI is InChI=1S/C14H17BrN2O/c15-13-4-2-1-3-12(13)14(18)17-10-5-6-11(17)9-16-8-7-10/h1-4,10-11,16H,5-9H2. The van der Waals surface area contributed by atoms with Crippen LogP contribution in [0.25, 0.3) is 0 Å². The van der Waals surface area contributed by atoms with Crippen molar-refractivity contribution >= 4 is 21.8 Å². The van der Waals surface area contributed by atoms with Gasteiger partial charge in [0.05, 0.1) is 5.56 Å². The molecule has 1 aromatic carbocycles. The van der Waals surface area contributed by atoms with Crippen molar-refractivity contribution in [3.63, 3.8) is 0 Å². The first-order valence-electron chi connectivity index (χ1n) is 6.55. The summed E-state index contributed by atoms with van der Waals surface area (Å²) in [6.07, 6.45) is 3.36. The van der Waals surface area contributed by atoms with Crippen molar-refractivity contribution in [3.05, 3.63) is 34.3 Å². The van der Waals surface area contributed by atoms with Crippen LogP contribution in [0.3, 0.4) is 0 Å². The zero-order valence-electron chi connectivity index (χ0n) is 10.2. The normalized spacial score (nSPS) is 27.1. The summed E-state index contributed by atoms with van der Waals surface area (Å²) in [6.45, 7) is 1.97. The summed E-state index contributed by atoms with van der Waals surface area (Å²) in [5.41, 5.74) is 0.788. The molecule has 1 N–H and O–H groups in total. The first-order valence-corrected chi connectivity index (χ1v) is 7.34. The number of nitrogens with zero attached hydrogens (tertiary/aromatic N) is 1. The summed E-state index contributed by atoms with van der Waals surface area (Å²) in [5, 5.41) is 3.42. The van der Waals surface area contributed by atoms with Gasteiger partial charge in [0.25, 0.3) is 5.91 Å². The fraction of sp³-hybridized carbons (Fsp3) is 0.500. The predicted octanol–water partition coefficient (Wildman–Crippen LogP) is 2.42. The van der Waals surface area contributed by atoms with E-state index < -0.39 is 0 Å². The summed E-state index contributed by atoms with van der Waals surface area (Å²) in [7, 11) is 0. The molecule has 1 aromatic rings. The van der Waals surface area contributed by atoms with Crippen LogP contribution >= 0.6 is 15.9 Å². The van der Waals surface area contributed by atoms with Gasteiger partial charge in [-0.05, 0) is 53.9 Å². The first kappa shape index (κ1) is 12.2. The average Bonchev–Trinajstić information content (AvgIpc) is 2.62. The second-order valence-corrected chi connectivity index (χ2v) is 5.92. The molecule has 2 heterocycles. The summed E-state index contributed by atoms with van der Waals surface area (Å²) >= 11 is 3.48. The molecule has 2 bridgehead atoms. The zero-order valence-corrected chi connectivity index (χ0v) is 11.8. The third kappa shape index (κ3) is 2.08. The largest absolute Gasteiger partial charge is 0.331 e. The number of hydrogen-bond acceptors (Lipinski definition) is 2. The number of halogens is 1. The Morgan fingerprint density at radius 2 is 2.00 bits per heavy atom. The molecule has 2 aliphatic heterocycles. The smallest absolute Gasteiger partial charge is 0.255 e. The van der Waals surface area contributed by atoms with Crippen LogP contribution in [0.4, 0.5) is 0 Å². The Hall–Kier alpha value is -0.870. The quantitative estimate of drug-likeness (QED) is 0.864. The lowest BCUT2D eigenvalue weighted by Gasteiger charge is -2.28. The third-order valence-corrected chi connectivity index (χ3v) is 4.68. The van der Waals surface area contributed by atoms with E-state index in [-0.39, 0.29) is 5.91 Å². The molecule has 0 aliphatic carbocycles. The molecule has 0 radical (unpaired) electrons. The van der Waals surface area contributed by atoms with Gasteiger partial charge >= 0.3 is 0 Å². The molecule has 2 aliphatic rings. The van der Waals surface area contributed by atoms with E-state index in [1.54, 1.807) is 0 Å². The van der Waals surface area contributed by atoms with Crippen LogP contribution in [-0.2, 0) is 0 Å².